The second-order valence-electron chi connectivity index (χ2n) is 6.58. The molecule has 1 aromatic carbocycles. The maximum absolute atomic E-state index is 15.8. The molecule has 0 bridgehead atoms. The summed E-state index contributed by atoms with van der Waals surface area (Å²) >= 11 is 12.0. The molecule has 0 spiro atoms. The summed E-state index contributed by atoms with van der Waals surface area (Å²) in [5.41, 5.74) is -2.93. The molecule has 2 unspecified atom stereocenters. The van der Waals surface area contributed by atoms with Crippen molar-refractivity contribution in [2.24, 2.45) is 0 Å². The molecule has 144 valence electrons. The number of hydrogen-bond donors (Lipinski definition) is 2. The average molecular weight is 413 g/mol. The fourth-order valence-corrected chi connectivity index (χ4v) is 3.80. The van der Waals surface area contributed by atoms with Crippen molar-refractivity contribution in [2.45, 2.75) is 30.7 Å². The molecule has 0 aliphatic heterocycles. The van der Waals surface area contributed by atoms with Crippen LogP contribution < -0.4 is 5.32 Å². The van der Waals surface area contributed by atoms with Crippen LogP contribution in [0.1, 0.15) is 29.7 Å². The number of alkyl halides is 1. The minimum absolute atomic E-state index is 0.0104. The Kier molecular flexibility index (Phi) is 5.72. The smallest absolute Gasteiger partial charge is 0.262 e. The van der Waals surface area contributed by atoms with Gasteiger partial charge in [-0.15, -0.1) is 0 Å². The predicted molar refractivity (Wildman–Crippen MR) is 100 cm³/mol. The van der Waals surface area contributed by atoms with Crippen LogP contribution in [-0.4, -0.2) is 29.7 Å². The van der Waals surface area contributed by atoms with Gasteiger partial charge in [-0.25, -0.2) is 4.39 Å². The molecule has 1 heterocycles. The van der Waals surface area contributed by atoms with Crippen molar-refractivity contribution in [3.05, 3.63) is 63.4 Å². The third-order valence-electron chi connectivity index (χ3n) is 4.76. The Balaban J connectivity index is 1.85. The molecule has 1 amide bonds. The van der Waals surface area contributed by atoms with E-state index in [0.29, 0.717) is 15.6 Å². The molecule has 3 rings (SSSR count). The number of carbonyl (C=O) groups is 1. The third kappa shape index (κ3) is 3.80. The normalized spacial score (nSPS) is 24.3. The Morgan fingerprint density at radius 3 is 2.85 bits per heavy atom. The first kappa shape index (κ1) is 20.0. The number of nitrogens with zero attached hydrogens (tertiary/aromatic N) is 1. The standard InChI is InChI=1S/C19H19Cl2FN2O3/c1-27-11-18(26)6-7-19(22,14-3-2-8-23-16(14)18)17(25)24-10-12-4-5-13(20)9-15(12)21/h2-5,8-9,26H,6-7,10-11H2,1H3,(H,24,25). The van der Waals surface area contributed by atoms with Crippen LogP contribution in [0.5, 0.6) is 0 Å². The van der Waals surface area contributed by atoms with Gasteiger partial charge in [0.1, 0.15) is 5.60 Å². The Labute approximate surface area is 166 Å². The Morgan fingerprint density at radius 1 is 1.37 bits per heavy atom. The lowest BCUT2D eigenvalue weighted by Crippen LogP contribution is -2.49. The first-order chi connectivity index (χ1) is 12.8. The molecule has 1 aliphatic rings. The largest absolute Gasteiger partial charge is 0.381 e. The molecule has 1 aliphatic carbocycles. The maximum atomic E-state index is 15.8. The molecular weight excluding hydrogens is 394 g/mol. The van der Waals surface area contributed by atoms with Gasteiger partial charge in [-0.1, -0.05) is 35.3 Å². The molecule has 0 saturated heterocycles. The van der Waals surface area contributed by atoms with E-state index in [1.165, 1.54) is 25.4 Å². The van der Waals surface area contributed by atoms with Crippen LogP contribution in [0.2, 0.25) is 10.0 Å². The van der Waals surface area contributed by atoms with Crippen LogP contribution in [0.25, 0.3) is 0 Å². The fourth-order valence-electron chi connectivity index (χ4n) is 3.32. The van der Waals surface area contributed by atoms with Crippen LogP contribution in [-0.2, 0) is 27.3 Å². The number of hydrogen-bond acceptors (Lipinski definition) is 4. The number of rotatable bonds is 5. The number of ether oxygens (including phenoxy) is 1. The van der Waals surface area contributed by atoms with Crippen molar-refractivity contribution in [2.75, 3.05) is 13.7 Å². The third-order valence-corrected chi connectivity index (χ3v) is 5.34. The minimum atomic E-state index is -2.30. The van der Waals surface area contributed by atoms with E-state index in [4.69, 9.17) is 27.9 Å². The van der Waals surface area contributed by atoms with Crippen molar-refractivity contribution in [3.8, 4) is 0 Å². The van der Waals surface area contributed by atoms with Crippen LogP contribution in [0.15, 0.2) is 36.5 Å². The topological polar surface area (TPSA) is 71.5 Å². The molecule has 2 aromatic rings. The second-order valence-corrected chi connectivity index (χ2v) is 7.43. The van der Waals surface area contributed by atoms with Crippen LogP contribution in [0.4, 0.5) is 4.39 Å². The minimum Gasteiger partial charge on any atom is -0.381 e. The van der Waals surface area contributed by atoms with Crippen molar-refractivity contribution in [3.63, 3.8) is 0 Å². The highest BCUT2D eigenvalue weighted by atomic mass is 35.5. The number of amides is 1. The number of pyridine rings is 1. The van der Waals surface area contributed by atoms with E-state index in [1.54, 1.807) is 18.2 Å². The Morgan fingerprint density at radius 2 is 2.15 bits per heavy atom. The van der Waals surface area contributed by atoms with Crippen molar-refractivity contribution in [1.82, 2.24) is 10.3 Å². The number of aromatic nitrogens is 1. The van der Waals surface area contributed by atoms with Crippen LogP contribution in [0, 0.1) is 0 Å². The molecule has 1 aromatic heterocycles. The van der Waals surface area contributed by atoms with Gasteiger partial charge in [-0.2, -0.15) is 0 Å². The molecule has 0 fully saturated rings. The van der Waals surface area contributed by atoms with Gasteiger partial charge in [-0.05, 0) is 36.6 Å². The van der Waals surface area contributed by atoms with Crippen LogP contribution in [0.3, 0.4) is 0 Å². The fraction of sp³-hybridized carbons (Fsp3) is 0.368. The molecule has 0 saturated carbocycles. The lowest BCUT2D eigenvalue weighted by Gasteiger charge is -2.39. The van der Waals surface area contributed by atoms with Gasteiger partial charge in [0.05, 0.1) is 12.3 Å². The summed E-state index contributed by atoms with van der Waals surface area (Å²) in [7, 11) is 1.44. The number of carbonyl (C=O) groups excluding carboxylic acids is 1. The van der Waals surface area contributed by atoms with E-state index in [0.717, 1.165) is 0 Å². The van der Waals surface area contributed by atoms with Crippen molar-refractivity contribution in [1.29, 1.82) is 0 Å². The summed E-state index contributed by atoms with van der Waals surface area (Å²) in [5.74, 6) is -0.803. The van der Waals surface area contributed by atoms with Crippen molar-refractivity contribution >= 4 is 29.1 Å². The van der Waals surface area contributed by atoms with Gasteiger partial charge in [0.15, 0.2) is 0 Å². The zero-order chi connectivity index (χ0) is 19.7. The Bertz CT molecular complexity index is 867. The number of fused-ring (bicyclic) bond motifs is 1. The van der Waals surface area contributed by atoms with E-state index in [2.05, 4.69) is 10.3 Å². The zero-order valence-electron chi connectivity index (χ0n) is 14.6. The van der Waals surface area contributed by atoms with Gasteiger partial charge >= 0.3 is 0 Å². The Hall–Kier alpha value is -1.73. The van der Waals surface area contributed by atoms with E-state index in [9.17, 15) is 9.90 Å². The molecular formula is C19H19Cl2FN2O3. The van der Waals surface area contributed by atoms with E-state index in [-0.39, 0.29) is 37.3 Å². The quantitative estimate of drug-likeness (QED) is 0.787. The van der Waals surface area contributed by atoms with Gasteiger partial charge in [0.2, 0.25) is 5.67 Å². The van der Waals surface area contributed by atoms with Gasteiger partial charge in [0.25, 0.3) is 5.91 Å². The number of benzene rings is 1. The first-order valence-corrected chi connectivity index (χ1v) is 9.14. The molecule has 0 radical (unpaired) electrons. The van der Waals surface area contributed by atoms with Gasteiger partial charge in [0, 0.05) is 35.5 Å². The predicted octanol–water partition coefficient (Wildman–Crippen LogP) is 3.50. The molecule has 27 heavy (non-hydrogen) atoms. The van der Waals surface area contributed by atoms with Gasteiger partial charge in [-0.3, -0.25) is 9.78 Å². The number of halogens is 3. The lowest BCUT2D eigenvalue weighted by atomic mass is 9.74. The summed E-state index contributed by atoms with van der Waals surface area (Å²) < 4.78 is 20.8. The molecule has 2 atom stereocenters. The zero-order valence-corrected chi connectivity index (χ0v) is 16.1. The number of nitrogens with one attached hydrogen (secondary N) is 1. The highest BCUT2D eigenvalue weighted by Crippen LogP contribution is 2.45. The van der Waals surface area contributed by atoms with Crippen molar-refractivity contribution < 1.29 is 19.0 Å². The van der Waals surface area contributed by atoms with E-state index in [1.807, 2.05) is 0 Å². The van der Waals surface area contributed by atoms with Crippen LogP contribution >= 0.6 is 23.2 Å². The number of methoxy groups -OCH3 is 1. The van der Waals surface area contributed by atoms with E-state index >= 15 is 4.39 Å². The van der Waals surface area contributed by atoms with E-state index < -0.39 is 17.2 Å². The lowest BCUT2D eigenvalue weighted by molar-refractivity contribution is -0.138. The first-order valence-electron chi connectivity index (χ1n) is 8.38. The SMILES string of the molecule is COCC1(O)CCC(F)(C(=O)NCc2ccc(Cl)cc2Cl)c2cccnc21. The summed E-state index contributed by atoms with van der Waals surface area (Å²) in [6.07, 6.45) is 1.28. The average Bonchev–Trinajstić information content (AvgIpc) is 2.65. The highest BCUT2D eigenvalue weighted by Gasteiger charge is 2.51. The molecule has 5 nitrogen and oxygen atoms in total. The monoisotopic (exact) mass is 412 g/mol. The highest BCUT2D eigenvalue weighted by molar-refractivity contribution is 6.35. The summed E-state index contributed by atoms with van der Waals surface area (Å²) in [6.45, 7) is 0.0214. The molecule has 8 heteroatoms. The van der Waals surface area contributed by atoms with Gasteiger partial charge < -0.3 is 15.2 Å². The summed E-state index contributed by atoms with van der Waals surface area (Å²) in [6, 6.07) is 7.88. The molecule has 2 N–H and O–H groups in total. The second kappa shape index (κ2) is 7.72. The summed E-state index contributed by atoms with van der Waals surface area (Å²) in [5, 5.41) is 14.2. The number of aliphatic hydroxyl groups is 1. The summed E-state index contributed by atoms with van der Waals surface area (Å²) in [4.78, 5) is 16.8. The maximum Gasteiger partial charge on any atom is 0.262 e.